The lowest BCUT2D eigenvalue weighted by Gasteiger charge is -2.11. The first-order valence-corrected chi connectivity index (χ1v) is 10.3. The molecule has 8 heteroatoms. The van der Waals surface area contributed by atoms with Crippen LogP contribution < -0.4 is 14.8 Å². The predicted molar refractivity (Wildman–Crippen MR) is 113 cm³/mol. The number of benzene rings is 2. The Morgan fingerprint density at radius 1 is 1.00 bits per heavy atom. The van der Waals surface area contributed by atoms with Crippen LogP contribution >= 0.6 is 11.6 Å². The van der Waals surface area contributed by atoms with E-state index in [-0.39, 0.29) is 18.9 Å². The molecule has 0 saturated heterocycles. The van der Waals surface area contributed by atoms with Crippen LogP contribution in [0.3, 0.4) is 0 Å². The molecule has 0 aliphatic heterocycles. The monoisotopic (exact) mass is 421 g/mol. The molecular weight excluding hydrogens is 398 g/mol. The quantitative estimate of drug-likeness (QED) is 0.517. The smallest absolute Gasteiger partial charge is 0.241 e. The van der Waals surface area contributed by atoms with E-state index >= 15 is 0 Å². The molecule has 0 atom stereocenters. The first-order valence-electron chi connectivity index (χ1n) is 8.48. The van der Waals surface area contributed by atoms with E-state index in [0.29, 0.717) is 35.9 Å². The van der Waals surface area contributed by atoms with Gasteiger partial charge in [0.25, 0.3) is 0 Å². The number of nitrogens with zero attached hydrogens (tertiary/aromatic N) is 1. The van der Waals surface area contributed by atoms with Crippen molar-refractivity contribution in [1.29, 1.82) is 0 Å². The normalized spacial score (nSPS) is 11.2. The van der Waals surface area contributed by atoms with Gasteiger partial charge in [0.1, 0.15) is 12.4 Å². The molecule has 0 unspecified atom stereocenters. The largest absolute Gasteiger partial charge is 0.491 e. The van der Waals surface area contributed by atoms with E-state index < -0.39 is 10.0 Å². The number of halogens is 1. The molecule has 0 spiro atoms. The van der Waals surface area contributed by atoms with Crippen molar-refractivity contribution >= 4 is 32.4 Å². The van der Waals surface area contributed by atoms with Crippen LogP contribution in [-0.4, -0.2) is 39.6 Å². The second-order valence-electron chi connectivity index (χ2n) is 5.78. The molecule has 1 aromatic heterocycles. The van der Waals surface area contributed by atoms with E-state index in [2.05, 4.69) is 15.0 Å². The topological polar surface area (TPSA) is 80.3 Å². The SMILES string of the molecule is C.O=S(=O)(NCCNCCOc1ccccc1Cl)c1cccc2cnccc12. The Bertz CT molecular complexity index is 1010. The molecule has 1 heterocycles. The third-order valence-corrected chi connectivity index (χ3v) is 5.73. The Balaban J connectivity index is 0.00000280. The van der Waals surface area contributed by atoms with Gasteiger partial charge in [-0.3, -0.25) is 4.98 Å². The van der Waals surface area contributed by atoms with Crippen LogP contribution in [-0.2, 0) is 10.0 Å². The fourth-order valence-electron chi connectivity index (χ4n) is 2.60. The maximum atomic E-state index is 12.6. The van der Waals surface area contributed by atoms with Crippen molar-refractivity contribution in [3.8, 4) is 5.75 Å². The standard InChI is InChI=1S/C19H20ClN3O3S.CH4/c20-17-5-1-2-6-18(17)26-13-12-21-10-11-23-27(24,25)19-7-3-4-15-14-22-9-8-16(15)19;/h1-9,14,21,23H,10-13H2;1H4. The van der Waals surface area contributed by atoms with E-state index in [9.17, 15) is 8.42 Å². The number of fused-ring (bicyclic) bond motifs is 1. The second kappa shape index (κ2) is 10.4. The Labute approximate surface area is 170 Å². The van der Waals surface area contributed by atoms with E-state index in [1.807, 2.05) is 18.2 Å². The first-order chi connectivity index (χ1) is 13.1. The third-order valence-electron chi connectivity index (χ3n) is 3.90. The van der Waals surface area contributed by atoms with Crippen LogP contribution in [0.1, 0.15) is 7.43 Å². The molecule has 2 N–H and O–H groups in total. The highest BCUT2D eigenvalue weighted by atomic mass is 35.5. The van der Waals surface area contributed by atoms with Gasteiger partial charge in [-0.1, -0.05) is 43.3 Å². The number of hydrogen-bond acceptors (Lipinski definition) is 5. The van der Waals surface area contributed by atoms with Crippen molar-refractivity contribution < 1.29 is 13.2 Å². The van der Waals surface area contributed by atoms with Crippen molar-refractivity contribution in [2.24, 2.45) is 0 Å². The molecule has 0 bridgehead atoms. The highest BCUT2D eigenvalue weighted by Gasteiger charge is 2.16. The Kier molecular flexibility index (Phi) is 8.19. The number of sulfonamides is 1. The van der Waals surface area contributed by atoms with Crippen molar-refractivity contribution in [2.45, 2.75) is 12.3 Å². The molecular formula is C20H24ClN3O3S. The van der Waals surface area contributed by atoms with Gasteiger partial charge in [-0.05, 0) is 24.3 Å². The van der Waals surface area contributed by atoms with Gasteiger partial charge < -0.3 is 10.1 Å². The number of hydrogen-bond donors (Lipinski definition) is 2. The van der Waals surface area contributed by atoms with Crippen molar-refractivity contribution in [3.63, 3.8) is 0 Å². The summed E-state index contributed by atoms with van der Waals surface area (Å²) in [5, 5.41) is 5.14. The highest BCUT2D eigenvalue weighted by Crippen LogP contribution is 2.23. The molecule has 0 aliphatic carbocycles. The predicted octanol–water partition coefficient (Wildman–Crippen LogP) is 3.47. The lowest BCUT2D eigenvalue weighted by molar-refractivity contribution is 0.315. The fourth-order valence-corrected chi connectivity index (χ4v) is 4.05. The van der Waals surface area contributed by atoms with Crippen molar-refractivity contribution in [1.82, 2.24) is 15.0 Å². The average molecular weight is 422 g/mol. The maximum Gasteiger partial charge on any atom is 0.241 e. The van der Waals surface area contributed by atoms with Gasteiger partial charge in [-0.2, -0.15) is 0 Å². The molecule has 2 aromatic carbocycles. The number of nitrogens with one attached hydrogen (secondary N) is 2. The van der Waals surface area contributed by atoms with Gasteiger partial charge in [0, 0.05) is 42.8 Å². The van der Waals surface area contributed by atoms with E-state index in [1.165, 1.54) is 0 Å². The zero-order valence-electron chi connectivity index (χ0n) is 14.6. The van der Waals surface area contributed by atoms with E-state index in [4.69, 9.17) is 16.3 Å². The summed E-state index contributed by atoms with van der Waals surface area (Å²) in [6.45, 7) is 1.77. The minimum absolute atomic E-state index is 0. The van der Waals surface area contributed by atoms with E-state index in [1.54, 1.807) is 42.7 Å². The summed E-state index contributed by atoms with van der Waals surface area (Å²) >= 11 is 6.01. The molecule has 3 rings (SSSR count). The molecule has 0 amide bonds. The molecule has 0 saturated carbocycles. The summed E-state index contributed by atoms with van der Waals surface area (Å²) in [5.41, 5.74) is 0. The van der Waals surface area contributed by atoms with Crippen LogP contribution in [0.25, 0.3) is 10.8 Å². The number of para-hydroxylation sites is 1. The zero-order chi connectivity index (χ0) is 19.1. The van der Waals surface area contributed by atoms with Gasteiger partial charge in [0.2, 0.25) is 10.0 Å². The first kappa shape index (κ1) is 22.1. The summed E-state index contributed by atoms with van der Waals surface area (Å²) in [6, 6.07) is 14.1. The van der Waals surface area contributed by atoms with Crippen LogP contribution in [0.2, 0.25) is 5.02 Å². The Hall–Kier alpha value is -2.19. The minimum atomic E-state index is -3.59. The number of rotatable bonds is 9. The second-order valence-corrected chi connectivity index (χ2v) is 7.92. The molecule has 0 aliphatic rings. The molecule has 3 aromatic rings. The van der Waals surface area contributed by atoms with Crippen LogP contribution in [0.4, 0.5) is 0 Å². The van der Waals surface area contributed by atoms with Crippen LogP contribution in [0, 0.1) is 0 Å². The summed E-state index contributed by atoms with van der Waals surface area (Å²) in [6.07, 6.45) is 3.23. The Morgan fingerprint density at radius 3 is 2.64 bits per heavy atom. The van der Waals surface area contributed by atoms with Crippen LogP contribution in [0.5, 0.6) is 5.75 Å². The van der Waals surface area contributed by atoms with Crippen molar-refractivity contribution in [3.05, 3.63) is 65.9 Å². The van der Waals surface area contributed by atoms with Gasteiger partial charge in [-0.25, -0.2) is 13.1 Å². The summed E-state index contributed by atoms with van der Waals surface area (Å²) in [5.74, 6) is 0.632. The number of aromatic nitrogens is 1. The lowest BCUT2D eigenvalue weighted by Crippen LogP contribution is -2.33. The Morgan fingerprint density at radius 2 is 1.82 bits per heavy atom. The molecule has 28 heavy (non-hydrogen) atoms. The minimum Gasteiger partial charge on any atom is -0.491 e. The zero-order valence-corrected chi connectivity index (χ0v) is 16.1. The number of ether oxygens (including phenoxy) is 1. The maximum absolute atomic E-state index is 12.6. The summed E-state index contributed by atoms with van der Waals surface area (Å²) in [4.78, 5) is 4.28. The van der Waals surface area contributed by atoms with Gasteiger partial charge in [0.15, 0.2) is 0 Å². The lowest BCUT2D eigenvalue weighted by atomic mass is 10.2. The molecule has 0 radical (unpaired) electrons. The van der Waals surface area contributed by atoms with Crippen molar-refractivity contribution in [2.75, 3.05) is 26.2 Å². The summed E-state index contributed by atoms with van der Waals surface area (Å²) < 4.78 is 33.3. The van der Waals surface area contributed by atoms with Gasteiger partial charge in [-0.15, -0.1) is 0 Å². The van der Waals surface area contributed by atoms with Crippen LogP contribution in [0.15, 0.2) is 65.8 Å². The third kappa shape index (κ3) is 5.65. The number of pyridine rings is 1. The van der Waals surface area contributed by atoms with Gasteiger partial charge in [0.05, 0.1) is 9.92 Å². The van der Waals surface area contributed by atoms with Gasteiger partial charge >= 0.3 is 0 Å². The van der Waals surface area contributed by atoms with E-state index in [0.717, 1.165) is 5.39 Å². The molecule has 150 valence electrons. The average Bonchev–Trinajstić information content (AvgIpc) is 2.68. The summed E-state index contributed by atoms with van der Waals surface area (Å²) in [7, 11) is -3.59. The molecule has 6 nitrogen and oxygen atoms in total. The fraction of sp³-hybridized carbons (Fsp3) is 0.250. The highest BCUT2D eigenvalue weighted by molar-refractivity contribution is 7.89. The molecule has 0 fully saturated rings.